The number of aromatic nitrogens is 1. The van der Waals surface area contributed by atoms with Gasteiger partial charge >= 0.3 is 5.97 Å². The van der Waals surface area contributed by atoms with Crippen LogP contribution in [0.25, 0.3) is 0 Å². The number of hydrogen-bond acceptors (Lipinski definition) is 5. The average Bonchev–Trinajstić information content (AvgIpc) is 2.94. The van der Waals surface area contributed by atoms with Crippen molar-refractivity contribution in [3.8, 4) is 0 Å². The van der Waals surface area contributed by atoms with Gasteiger partial charge in [-0.1, -0.05) is 18.2 Å². The van der Waals surface area contributed by atoms with Crippen LogP contribution in [0.15, 0.2) is 35.2 Å². The van der Waals surface area contributed by atoms with Crippen LogP contribution in [-0.4, -0.2) is 49.7 Å². The number of hydrogen-bond donors (Lipinski definition) is 1. The number of ketones is 1. The van der Waals surface area contributed by atoms with E-state index in [0.29, 0.717) is 16.8 Å². The van der Waals surface area contributed by atoms with Crippen LogP contribution in [0.4, 0.5) is 0 Å². The number of likely N-dealkylation sites (N-methyl/N-ethyl adjacent to an activating group) is 1. The van der Waals surface area contributed by atoms with Crippen molar-refractivity contribution in [2.45, 2.75) is 31.7 Å². The normalized spacial score (nSPS) is 12.8. The maximum atomic E-state index is 13.0. The van der Waals surface area contributed by atoms with Gasteiger partial charge in [-0.3, -0.25) is 4.79 Å². The molecule has 2 aromatic rings. The molecule has 0 aliphatic heterocycles. The highest BCUT2D eigenvalue weighted by atomic mass is 32.2. The van der Waals surface area contributed by atoms with Crippen LogP contribution in [-0.2, 0) is 14.8 Å². The zero-order valence-electron chi connectivity index (χ0n) is 15.4. The Morgan fingerprint density at radius 1 is 1.15 bits per heavy atom. The van der Waals surface area contributed by atoms with E-state index in [0.717, 1.165) is 4.31 Å². The lowest BCUT2D eigenvalue weighted by molar-refractivity contribution is 0.0594. The summed E-state index contributed by atoms with van der Waals surface area (Å²) >= 11 is 0. The van der Waals surface area contributed by atoms with E-state index in [1.54, 1.807) is 32.0 Å². The van der Waals surface area contributed by atoms with Crippen molar-refractivity contribution >= 4 is 21.8 Å². The van der Waals surface area contributed by atoms with E-state index in [1.807, 2.05) is 0 Å². The molecule has 0 saturated carbocycles. The van der Waals surface area contributed by atoms with Crippen molar-refractivity contribution in [3.05, 3.63) is 52.8 Å². The van der Waals surface area contributed by atoms with Crippen molar-refractivity contribution in [1.82, 2.24) is 9.29 Å². The van der Waals surface area contributed by atoms with Gasteiger partial charge < -0.3 is 9.72 Å². The molecule has 2 rings (SSSR count). The Morgan fingerprint density at radius 2 is 1.73 bits per heavy atom. The summed E-state index contributed by atoms with van der Waals surface area (Å²) < 4.78 is 31.2. The van der Waals surface area contributed by atoms with Crippen molar-refractivity contribution in [2.24, 2.45) is 0 Å². The Bertz CT molecular complexity index is 932. The molecule has 0 aliphatic rings. The molecule has 0 fully saturated rings. The minimum atomic E-state index is -3.82. The second kappa shape index (κ2) is 7.43. The highest BCUT2D eigenvalue weighted by Gasteiger charge is 2.33. The van der Waals surface area contributed by atoms with Gasteiger partial charge in [0.15, 0.2) is 5.78 Å². The summed E-state index contributed by atoms with van der Waals surface area (Å²) in [5, 5.41) is 0. The monoisotopic (exact) mass is 378 g/mol. The van der Waals surface area contributed by atoms with Crippen LogP contribution in [0.1, 0.15) is 39.0 Å². The maximum Gasteiger partial charge on any atom is 0.354 e. The molecule has 0 amide bonds. The highest BCUT2D eigenvalue weighted by Crippen LogP contribution is 2.24. The van der Waals surface area contributed by atoms with E-state index in [2.05, 4.69) is 4.98 Å². The van der Waals surface area contributed by atoms with Gasteiger partial charge in [0.05, 0.1) is 18.0 Å². The zero-order valence-corrected chi connectivity index (χ0v) is 16.2. The summed E-state index contributed by atoms with van der Waals surface area (Å²) in [6.07, 6.45) is 0. The number of aromatic amines is 1. The molecule has 7 nitrogen and oxygen atoms in total. The maximum absolute atomic E-state index is 13.0. The topological polar surface area (TPSA) is 96.5 Å². The van der Waals surface area contributed by atoms with Gasteiger partial charge in [0.25, 0.3) is 0 Å². The fraction of sp³-hybridized carbons (Fsp3) is 0.333. The van der Waals surface area contributed by atoms with Crippen LogP contribution in [0.5, 0.6) is 0 Å². The van der Waals surface area contributed by atoms with E-state index in [1.165, 1.54) is 33.2 Å². The number of carbonyl (C=O) groups excluding carboxylic acids is 2. The number of carbonyl (C=O) groups is 2. The number of benzene rings is 1. The van der Waals surface area contributed by atoms with E-state index in [4.69, 9.17) is 4.74 Å². The first-order valence-corrected chi connectivity index (χ1v) is 9.41. The first-order valence-electron chi connectivity index (χ1n) is 7.97. The summed E-state index contributed by atoms with van der Waals surface area (Å²) in [6, 6.07) is 6.97. The third-order valence-corrected chi connectivity index (χ3v) is 6.36. The van der Waals surface area contributed by atoms with Crippen molar-refractivity contribution < 1.29 is 22.7 Å². The van der Waals surface area contributed by atoms with Crippen LogP contribution in [0.2, 0.25) is 0 Å². The quantitative estimate of drug-likeness (QED) is 0.615. The van der Waals surface area contributed by atoms with Gasteiger partial charge in [-0.15, -0.1) is 0 Å². The summed E-state index contributed by atoms with van der Waals surface area (Å²) in [7, 11) is -1.20. The molecule has 1 heterocycles. The standard InChI is InChI=1S/C18H22N2O5S/c1-11-15(12(2)19-16(11)18(22)25-5)17(21)13(3)20(4)26(23,24)14-9-7-6-8-10-14/h6-10,13,19H,1-5H3/t13-/m1/s1. The average molecular weight is 378 g/mol. The Morgan fingerprint density at radius 3 is 2.27 bits per heavy atom. The Labute approximate surface area is 153 Å². The molecular weight excluding hydrogens is 356 g/mol. The number of methoxy groups -OCH3 is 1. The molecule has 1 N–H and O–H groups in total. The van der Waals surface area contributed by atoms with Gasteiger partial charge in [-0.2, -0.15) is 4.31 Å². The lowest BCUT2D eigenvalue weighted by Crippen LogP contribution is -2.40. The molecule has 0 radical (unpaired) electrons. The molecule has 1 aromatic carbocycles. The summed E-state index contributed by atoms with van der Waals surface area (Å²) in [5.41, 5.74) is 1.42. The van der Waals surface area contributed by atoms with Gasteiger partial charge in [0.2, 0.25) is 10.0 Å². The van der Waals surface area contributed by atoms with Crippen LogP contribution < -0.4 is 0 Å². The summed E-state index contributed by atoms with van der Waals surface area (Å²) in [5.74, 6) is -0.976. The van der Waals surface area contributed by atoms with E-state index in [-0.39, 0.29) is 10.6 Å². The van der Waals surface area contributed by atoms with E-state index >= 15 is 0 Å². The lowest BCUT2D eigenvalue weighted by Gasteiger charge is -2.23. The van der Waals surface area contributed by atoms with Crippen molar-refractivity contribution in [3.63, 3.8) is 0 Å². The van der Waals surface area contributed by atoms with Gasteiger partial charge in [0.1, 0.15) is 5.69 Å². The van der Waals surface area contributed by atoms with E-state index < -0.39 is 27.8 Å². The predicted molar refractivity (Wildman–Crippen MR) is 96.8 cm³/mol. The number of H-pyrrole nitrogens is 1. The number of Topliss-reactive ketones (excluding diaryl/α,β-unsaturated/α-hetero) is 1. The first-order chi connectivity index (χ1) is 12.1. The molecule has 0 bridgehead atoms. The summed E-state index contributed by atoms with van der Waals surface area (Å²) in [6.45, 7) is 4.80. The Balaban J connectivity index is 2.39. The van der Waals surface area contributed by atoms with Gasteiger partial charge in [-0.05, 0) is 38.5 Å². The number of nitrogens with one attached hydrogen (secondary N) is 1. The largest absolute Gasteiger partial charge is 0.464 e. The first kappa shape index (κ1) is 19.9. The summed E-state index contributed by atoms with van der Waals surface area (Å²) in [4.78, 5) is 27.7. The van der Waals surface area contributed by atoms with Crippen molar-refractivity contribution in [2.75, 3.05) is 14.2 Å². The van der Waals surface area contributed by atoms with Crippen LogP contribution in [0, 0.1) is 13.8 Å². The lowest BCUT2D eigenvalue weighted by atomic mass is 10.0. The van der Waals surface area contributed by atoms with E-state index in [9.17, 15) is 18.0 Å². The van der Waals surface area contributed by atoms with Crippen LogP contribution in [0.3, 0.4) is 0 Å². The minimum Gasteiger partial charge on any atom is -0.464 e. The molecule has 1 atom stereocenters. The number of ether oxygens (including phenoxy) is 1. The van der Waals surface area contributed by atoms with Crippen molar-refractivity contribution in [1.29, 1.82) is 0 Å². The van der Waals surface area contributed by atoms with Crippen LogP contribution >= 0.6 is 0 Å². The number of aryl methyl sites for hydroxylation is 1. The SMILES string of the molecule is COC(=O)c1[nH]c(C)c(C(=O)[C@@H](C)N(C)S(=O)(=O)c2ccccc2)c1C. The molecule has 0 saturated heterocycles. The smallest absolute Gasteiger partial charge is 0.354 e. The molecule has 26 heavy (non-hydrogen) atoms. The number of nitrogens with zero attached hydrogens (tertiary/aromatic N) is 1. The third kappa shape index (κ3) is 3.42. The molecule has 8 heteroatoms. The Hall–Kier alpha value is -2.45. The fourth-order valence-electron chi connectivity index (χ4n) is 2.77. The number of rotatable bonds is 6. The second-order valence-electron chi connectivity index (χ2n) is 5.99. The van der Waals surface area contributed by atoms with Gasteiger partial charge in [0, 0.05) is 18.3 Å². The second-order valence-corrected chi connectivity index (χ2v) is 7.99. The molecule has 140 valence electrons. The highest BCUT2D eigenvalue weighted by molar-refractivity contribution is 7.89. The molecule has 0 spiro atoms. The molecule has 1 aromatic heterocycles. The predicted octanol–water partition coefficient (Wildman–Crippen LogP) is 2.31. The molecule has 0 aliphatic carbocycles. The Kier molecular flexibility index (Phi) is 5.68. The number of sulfonamides is 1. The molecule has 0 unspecified atom stereocenters. The molecular formula is C18H22N2O5S. The number of esters is 1. The third-order valence-electron chi connectivity index (χ3n) is 4.42. The fourth-order valence-corrected chi connectivity index (χ4v) is 4.11. The zero-order chi connectivity index (χ0) is 19.6. The van der Waals surface area contributed by atoms with Gasteiger partial charge in [-0.25, -0.2) is 13.2 Å². The minimum absolute atomic E-state index is 0.111.